The Labute approximate surface area is 82.9 Å². The van der Waals surface area contributed by atoms with Crippen molar-refractivity contribution in [3.63, 3.8) is 0 Å². The van der Waals surface area contributed by atoms with E-state index in [-0.39, 0.29) is 11.5 Å². The van der Waals surface area contributed by atoms with E-state index in [0.29, 0.717) is 11.5 Å². The molecule has 1 aromatic rings. The van der Waals surface area contributed by atoms with E-state index in [9.17, 15) is 13.9 Å². The summed E-state index contributed by atoms with van der Waals surface area (Å²) in [6.45, 7) is 1.79. The monoisotopic (exact) mass is 215 g/mol. The second kappa shape index (κ2) is 4.80. The predicted octanol–water partition coefficient (Wildman–Crippen LogP) is 1.45. The molecule has 1 aromatic heterocycles. The molecular weight excluding hydrogens is 206 g/mol. The molecule has 0 aromatic carbocycles. The van der Waals surface area contributed by atoms with Crippen molar-refractivity contribution >= 4 is 16.7 Å². The molecule has 0 bridgehead atoms. The van der Waals surface area contributed by atoms with Crippen LogP contribution in [0.1, 0.15) is 23.2 Å². The first-order valence-electron chi connectivity index (χ1n) is 3.98. The van der Waals surface area contributed by atoms with E-state index in [1.165, 1.54) is 12.1 Å². The summed E-state index contributed by atoms with van der Waals surface area (Å²) in [6, 6.07) is 2.87. The van der Waals surface area contributed by atoms with Gasteiger partial charge in [0.15, 0.2) is 5.76 Å². The molecule has 1 atom stereocenters. The fourth-order valence-electron chi connectivity index (χ4n) is 0.876. The van der Waals surface area contributed by atoms with Crippen molar-refractivity contribution in [3.05, 3.63) is 28.6 Å². The molecule has 0 fully saturated rings. The van der Waals surface area contributed by atoms with E-state index in [1.807, 2.05) is 0 Å². The minimum atomic E-state index is -0.994. The van der Waals surface area contributed by atoms with Gasteiger partial charge in [-0.15, -0.1) is 4.91 Å². The molecule has 0 saturated heterocycles. The number of hydrogen-bond donors (Lipinski definition) is 0. The molecule has 1 amide bonds. The Balaban J connectivity index is 2.73. The molecule has 14 heavy (non-hydrogen) atoms. The van der Waals surface area contributed by atoms with Crippen molar-refractivity contribution < 1.29 is 13.4 Å². The number of hydrogen-bond acceptors (Lipinski definition) is 4. The summed E-state index contributed by atoms with van der Waals surface area (Å²) in [4.78, 5) is 20.6. The maximum absolute atomic E-state index is 11.1. The zero-order valence-corrected chi connectivity index (χ0v) is 8.37. The average Bonchev–Trinajstić information content (AvgIpc) is 2.65. The van der Waals surface area contributed by atoms with Crippen molar-refractivity contribution in [2.45, 2.75) is 12.7 Å². The zero-order chi connectivity index (χ0) is 10.6. The number of nitroso groups, excluding NO2 is 1. The maximum Gasteiger partial charge on any atom is 0.351 e. The molecule has 6 heteroatoms. The summed E-state index contributed by atoms with van der Waals surface area (Å²) in [7, 11) is -0.994. The minimum absolute atomic E-state index is 0.108. The fraction of sp³-hybridized carbons (Fsp3) is 0.375. The van der Waals surface area contributed by atoms with Crippen molar-refractivity contribution in [1.29, 1.82) is 0 Å². The zero-order valence-electron chi connectivity index (χ0n) is 7.56. The molecule has 0 aliphatic heterocycles. The smallest absolute Gasteiger partial charge is 0.351 e. The van der Waals surface area contributed by atoms with Crippen LogP contribution in [0.4, 0.5) is 0 Å². The standard InChI is InChI=1S/C8H9NO4S/c1-2-14(12)5-6-3-4-7(13-6)8(10)9-11/h3-4H,2,5H2,1H3. The van der Waals surface area contributed by atoms with Crippen LogP contribution in [0.2, 0.25) is 0 Å². The van der Waals surface area contributed by atoms with Gasteiger partial charge < -0.3 is 4.42 Å². The number of carbonyl (C=O) groups excluding carboxylic acids is 1. The molecule has 0 N–H and O–H groups in total. The first kappa shape index (κ1) is 10.8. The van der Waals surface area contributed by atoms with Crippen LogP contribution in [0, 0.1) is 4.91 Å². The largest absolute Gasteiger partial charge is 0.455 e. The molecular formula is C8H9NO4S. The fourth-order valence-corrected chi connectivity index (χ4v) is 1.55. The average molecular weight is 215 g/mol. The molecule has 0 spiro atoms. The normalized spacial score (nSPS) is 12.4. The SMILES string of the molecule is CCS(=O)Cc1ccc(C(=O)N=O)o1. The molecule has 1 unspecified atom stereocenters. The third-order valence-corrected chi connectivity index (χ3v) is 2.83. The molecule has 5 nitrogen and oxygen atoms in total. The van der Waals surface area contributed by atoms with E-state index in [1.54, 1.807) is 6.92 Å². The van der Waals surface area contributed by atoms with Gasteiger partial charge in [-0.3, -0.25) is 9.00 Å². The Morgan fingerprint density at radius 3 is 2.86 bits per heavy atom. The first-order chi connectivity index (χ1) is 6.67. The molecule has 0 saturated carbocycles. The van der Waals surface area contributed by atoms with E-state index in [4.69, 9.17) is 4.42 Å². The highest BCUT2D eigenvalue weighted by Gasteiger charge is 2.12. The topological polar surface area (TPSA) is 76.7 Å². The molecule has 76 valence electrons. The first-order valence-corrected chi connectivity index (χ1v) is 5.47. The van der Waals surface area contributed by atoms with E-state index in [0.717, 1.165) is 0 Å². The summed E-state index contributed by atoms with van der Waals surface area (Å²) in [5, 5.41) is 2.21. The van der Waals surface area contributed by atoms with Crippen LogP contribution >= 0.6 is 0 Å². The van der Waals surface area contributed by atoms with Gasteiger partial charge in [-0.05, 0) is 12.1 Å². The number of amides is 1. The highest BCUT2D eigenvalue weighted by Crippen LogP contribution is 2.11. The van der Waals surface area contributed by atoms with Gasteiger partial charge in [0.05, 0.1) is 5.75 Å². The van der Waals surface area contributed by atoms with Crippen LogP contribution < -0.4 is 0 Å². The third kappa shape index (κ3) is 2.59. The summed E-state index contributed by atoms with van der Waals surface area (Å²) < 4.78 is 16.1. The van der Waals surface area contributed by atoms with Crippen LogP contribution in [0.3, 0.4) is 0 Å². The van der Waals surface area contributed by atoms with Crippen molar-refractivity contribution in [1.82, 2.24) is 0 Å². The molecule has 0 aliphatic rings. The number of rotatable bonds is 4. The Kier molecular flexibility index (Phi) is 3.70. The lowest BCUT2D eigenvalue weighted by Gasteiger charge is -1.93. The van der Waals surface area contributed by atoms with Gasteiger partial charge in [0.1, 0.15) is 5.76 Å². The number of carbonyl (C=O) groups is 1. The van der Waals surface area contributed by atoms with Crippen LogP contribution in [-0.4, -0.2) is 15.9 Å². The van der Waals surface area contributed by atoms with E-state index >= 15 is 0 Å². The predicted molar refractivity (Wildman–Crippen MR) is 51.2 cm³/mol. The van der Waals surface area contributed by atoms with Gasteiger partial charge in [-0.25, -0.2) is 0 Å². The number of nitrogens with zero attached hydrogens (tertiary/aromatic N) is 1. The van der Waals surface area contributed by atoms with Crippen molar-refractivity contribution in [2.24, 2.45) is 5.18 Å². The van der Waals surface area contributed by atoms with Crippen LogP contribution in [0.5, 0.6) is 0 Å². The number of furan rings is 1. The summed E-state index contributed by atoms with van der Waals surface area (Å²) in [6.07, 6.45) is 0. The lowest BCUT2D eigenvalue weighted by molar-refractivity contribution is 0.0973. The second-order valence-electron chi connectivity index (χ2n) is 2.54. The Hall–Kier alpha value is -1.30. The highest BCUT2D eigenvalue weighted by atomic mass is 32.2. The van der Waals surface area contributed by atoms with Gasteiger partial charge in [0, 0.05) is 21.7 Å². The summed E-state index contributed by atoms with van der Waals surface area (Å²) in [5.74, 6) is 0.150. The van der Waals surface area contributed by atoms with E-state index < -0.39 is 16.7 Å². The minimum Gasteiger partial charge on any atom is -0.455 e. The third-order valence-electron chi connectivity index (χ3n) is 1.58. The van der Waals surface area contributed by atoms with Crippen molar-refractivity contribution in [3.8, 4) is 0 Å². The van der Waals surface area contributed by atoms with Crippen LogP contribution in [0.25, 0.3) is 0 Å². The van der Waals surface area contributed by atoms with Gasteiger partial charge in [-0.2, -0.15) is 0 Å². The van der Waals surface area contributed by atoms with Gasteiger partial charge in [0.2, 0.25) is 0 Å². The Morgan fingerprint density at radius 1 is 1.57 bits per heavy atom. The van der Waals surface area contributed by atoms with E-state index in [2.05, 4.69) is 5.18 Å². The molecule has 0 aliphatic carbocycles. The van der Waals surface area contributed by atoms with Gasteiger partial charge in [-0.1, -0.05) is 6.92 Å². The summed E-state index contributed by atoms with van der Waals surface area (Å²) >= 11 is 0. The lowest BCUT2D eigenvalue weighted by Crippen LogP contribution is -1.96. The van der Waals surface area contributed by atoms with Gasteiger partial charge in [0.25, 0.3) is 0 Å². The highest BCUT2D eigenvalue weighted by molar-refractivity contribution is 7.84. The quantitative estimate of drug-likeness (QED) is 0.712. The Bertz CT molecular complexity index is 371. The van der Waals surface area contributed by atoms with Crippen molar-refractivity contribution in [2.75, 3.05) is 5.75 Å². The van der Waals surface area contributed by atoms with Crippen LogP contribution in [0.15, 0.2) is 21.7 Å². The molecule has 0 radical (unpaired) electrons. The molecule has 1 rings (SSSR count). The van der Waals surface area contributed by atoms with Crippen LogP contribution in [-0.2, 0) is 16.6 Å². The van der Waals surface area contributed by atoms with Gasteiger partial charge >= 0.3 is 5.91 Å². The maximum atomic E-state index is 11.1. The second-order valence-corrected chi connectivity index (χ2v) is 4.28. The summed E-state index contributed by atoms with van der Waals surface area (Å²) in [5.41, 5.74) is 0. The molecule has 1 heterocycles. The Morgan fingerprint density at radius 2 is 2.29 bits per heavy atom. The lowest BCUT2D eigenvalue weighted by atomic mass is 10.4.